The first kappa shape index (κ1) is 13.5. The molecule has 0 aliphatic rings. The van der Waals surface area contributed by atoms with Crippen molar-refractivity contribution in [1.82, 2.24) is 0 Å². The molecule has 2 atom stereocenters. The van der Waals surface area contributed by atoms with Gasteiger partial charge in [-0.3, -0.25) is 0 Å². The van der Waals surface area contributed by atoms with Crippen LogP contribution >= 0.6 is 23.2 Å². The van der Waals surface area contributed by atoms with Gasteiger partial charge in [0, 0.05) is 14.2 Å². The zero-order valence-electron chi connectivity index (χ0n) is 7.96. The molecule has 0 saturated heterocycles. The van der Waals surface area contributed by atoms with Crippen LogP contribution in [-0.2, 0) is 14.2 Å². The predicted octanol–water partition coefficient (Wildman–Crippen LogP) is 1.51. The van der Waals surface area contributed by atoms with Crippen molar-refractivity contribution in [3.8, 4) is 0 Å². The van der Waals surface area contributed by atoms with Crippen molar-refractivity contribution in [2.24, 2.45) is 0 Å². The van der Waals surface area contributed by atoms with Gasteiger partial charge in [-0.05, 0) is 0 Å². The van der Waals surface area contributed by atoms with Gasteiger partial charge in [-0.2, -0.15) is 0 Å². The van der Waals surface area contributed by atoms with Crippen molar-refractivity contribution in [3.63, 3.8) is 0 Å². The van der Waals surface area contributed by atoms with E-state index in [-0.39, 0.29) is 12.2 Å². The molecule has 0 aliphatic carbocycles. The summed E-state index contributed by atoms with van der Waals surface area (Å²) in [4.78, 5) is 0. The van der Waals surface area contributed by atoms with Gasteiger partial charge < -0.3 is 14.2 Å². The Balaban J connectivity index is 3.73. The van der Waals surface area contributed by atoms with Gasteiger partial charge in [0.1, 0.15) is 0 Å². The molecule has 0 aromatic heterocycles. The van der Waals surface area contributed by atoms with Crippen LogP contribution in [0.1, 0.15) is 0 Å². The maximum absolute atomic E-state index is 5.66. The van der Waals surface area contributed by atoms with Crippen LogP contribution in [0.15, 0.2) is 0 Å². The summed E-state index contributed by atoms with van der Waals surface area (Å²) in [5.74, 6) is 0.788. The third-order valence-electron chi connectivity index (χ3n) is 1.43. The summed E-state index contributed by atoms with van der Waals surface area (Å²) in [6.07, 6.45) is -0.240. The zero-order valence-corrected chi connectivity index (χ0v) is 9.48. The minimum absolute atomic E-state index is 0.120. The monoisotopic (exact) mass is 230 g/mol. The summed E-state index contributed by atoms with van der Waals surface area (Å²) >= 11 is 11.3. The second-order valence-electron chi connectivity index (χ2n) is 2.60. The molecule has 0 bridgehead atoms. The Kier molecular flexibility index (Phi) is 9.35. The summed E-state index contributed by atoms with van der Waals surface area (Å²) in [6, 6.07) is 0. The number of ether oxygens (including phenoxy) is 3. The van der Waals surface area contributed by atoms with Crippen LogP contribution < -0.4 is 0 Å². The fraction of sp³-hybridized carbons (Fsp3) is 1.00. The summed E-state index contributed by atoms with van der Waals surface area (Å²) in [6.45, 7) is 0.946. The van der Waals surface area contributed by atoms with Gasteiger partial charge in [-0.15, -0.1) is 23.2 Å². The fourth-order valence-corrected chi connectivity index (χ4v) is 1.21. The van der Waals surface area contributed by atoms with Crippen molar-refractivity contribution in [1.29, 1.82) is 0 Å². The molecule has 80 valence electrons. The molecule has 0 spiro atoms. The second kappa shape index (κ2) is 9.03. The molecular formula is C8H16Cl2O3. The standard InChI is InChI=1S/C8H16Cl2O3/c1-11-5-7(3-9)13-8(4-10)6-12-2/h7-8H,3-6H2,1-2H3. The van der Waals surface area contributed by atoms with Crippen molar-refractivity contribution in [3.05, 3.63) is 0 Å². The van der Waals surface area contributed by atoms with Crippen molar-refractivity contribution in [2.45, 2.75) is 12.2 Å². The lowest BCUT2D eigenvalue weighted by Crippen LogP contribution is -2.31. The second-order valence-corrected chi connectivity index (χ2v) is 3.22. The predicted molar refractivity (Wildman–Crippen MR) is 53.9 cm³/mol. The molecular weight excluding hydrogens is 215 g/mol. The number of halogens is 2. The maximum atomic E-state index is 5.66. The van der Waals surface area contributed by atoms with E-state index in [9.17, 15) is 0 Å². The molecule has 3 nitrogen and oxygen atoms in total. The number of methoxy groups -OCH3 is 2. The zero-order chi connectivity index (χ0) is 10.1. The van der Waals surface area contributed by atoms with E-state index in [0.29, 0.717) is 25.0 Å². The normalized spacial score (nSPS) is 15.7. The van der Waals surface area contributed by atoms with Gasteiger partial charge in [0.25, 0.3) is 0 Å². The van der Waals surface area contributed by atoms with E-state index >= 15 is 0 Å². The van der Waals surface area contributed by atoms with E-state index < -0.39 is 0 Å². The van der Waals surface area contributed by atoms with Crippen molar-refractivity contribution < 1.29 is 14.2 Å². The molecule has 13 heavy (non-hydrogen) atoms. The molecule has 0 N–H and O–H groups in total. The quantitative estimate of drug-likeness (QED) is 0.592. The topological polar surface area (TPSA) is 27.7 Å². The van der Waals surface area contributed by atoms with Crippen molar-refractivity contribution >= 4 is 23.2 Å². The van der Waals surface area contributed by atoms with E-state index in [1.54, 1.807) is 14.2 Å². The van der Waals surface area contributed by atoms with E-state index in [2.05, 4.69) is 0 Å². The third-order valence-corrected chi connectivity index (χ3v) is 2.12. The molecule has 5 heteroatoms. The first-order chi connectivity index (χ1) is 6.28. The number of hydrogen-bond donors (Lipinski definition) is 0. The molecule has 0 fully saturated rings. The molecule has 0 radical (unpaired) electrons. The first-order valence-corrected chi connectivity index (χ1v) is 5.10. The largest absolute Gasteiger partial charge is 0.382 e. The van der Waals surface area contributed by atoms with Crippen LogP contribution in [0, 0.1) is 0 Å². The Morgan fingerprint density at radius 3 is 1.54 bits per heavy atom. The smallest absolute Gasteiger partial charge is 0.0948 e. The summed E-state index contributed by atoms with van der Waals surface area (Å²) in [7, 11) is 3.21. The Labute approximate surface area is 89.2 Å². The highest BCUT2D eigenvalue weighted by atomic mass is 35.5. The van der Waals surface area contributed by atoms with Crippen molar-refractivity contribution in [2.75, 3.05) is 39.2 Å². The highest BCUT2D eigenvalue weighted by molar-refractivity contribution is 6.18. The average Bonchev–Trinajstić information content (AvgIpc) is 2.16. The molecule has 0 aromatic rings. The van der Waals surface area contributed by atoms with Gasteiger partial charge in [-0.1, -0.05) is 0 Å². The highest BCUT2D eigenvalue weighted by Crippen LogP contribution is 2.04. The number of alkyl halides is 2. The Bertz CT molecular complexity index is 102. The van der Waals surface area contributed by atoms with Crippen LogP contribution in [0.2, 0.25) is 0 Å². The lowest BCUT2D eigenvalue weighted by molar-refractivity contribution is -0.0541. The van der Waals surface area contributed by atoms with E-state index in [4.69, 9.17) is 37.4 Å². The molecule has 0 aliphatic heterocycles. The van der Waals surface area contributed by atoms with Crippen LogP contribution in [-0.4, -0.2) is 51.4 Å². The SMILES string of the molecule is COCC(CCl)OC(CCl)COC. The van der Waals surface area contributed by atoms with Gasteiger partial charge in [0.2, 0.25) is 0 Å². The molecule has 2 unspecified atom stereocenters. The van der Waals surface area contributed by atoms with Crippen LogP contribution in [0.25, 0.3) is 0 Å². The van der Waals surface area contributed by atoms with Gasteiger partial charge in [-0.25, -0.2) is 0 Å². The summed E-state index contributed by atoms with van der Waals surface area (Å²) in [5.41, 5.74) is 0. The average molecular weight is 231 g/mol. The molecule has 0 heterocycles. The van der Waals surface area contributed by atoms with E-state index in [0.717, 1.165) is 0 Å². The Morgan fingerprint density at radius 2 is 1.31 bits per heavy atom. The van der Waals surface area contributed by atoms with Gasteiger partial charge in [0.05, 0.1) is 37.2 Å². The minimum atomic E-state index is -0.120. The molecule has 0 rings (SSSR count). The van der Waals surface area contributed by atoms with Crippen LogP contribution in [0.5, 0.6) is 0 Å². The Hall–Kier alpha value is 0.460. The fourth-order valence-electron chi connectivity index (χ4n) is 0.884. The lowest BCUT2D eigenvalue weighted by atomic mass is 10.4. The lowest BCUT2D eigenvalue weighted by Gasteiger charge is -2.20. The molecule has 0 aromatic carbocycles. The van der Waals surface area contributed by atoms with Crippen LogP contribution in [0.3, 0.4) is 0 Å². The first-order valence-electron chi connectivity index (χ1n) is 4.03. The van der Waals surface area contributed by atoms with Crippen LogP contribution in [0.4, 0.5) is 0 Å². The maximum Gasteiger partial charge on any atom is 0.0948 e. The third kappa shape index (κ3) is 6.52. The van der Waals surface area contributed by atoms with E-state index in [1.807, 2.05) is 0 Å². The number of hydrogen-bond acceptors (Lipinski definition) is 3. The van der Waals surface area contributed by atoms with E-state index in [1.165, 1.54) is 0 Å². The van der Waals surface area contributed by atoms with Gasteiger partial charge in [0.15, 0.2) is 0 Å². The molecule has 0 saturated carbocycles. The number of rotatable bonds is 8. The Morgan fingerprint density at radius 1 is 0.923 bits per heavy atom. The minimum Gasteiger partial charge on any atom is -0.382 e. The summed E-state index contributed by atoms with van der Waals surface area (Å²) in [5, 5.41) is 0. The highest BCUT2D eigenvalue weighted by Gasteiger charge is 2.14. The summed E-state index contributed by atoms with van der Waals surface area (Å²) < 4.78 is 15.4. The molecule has 0 amide bonds. The van der Waals surface area contributed by atoms with Gasteiger partial charge >= 0.3 is 0 Å².